The predicted octanol–water partition coefficient (Wildman–Crippen LogP) is -3.20. The van der Waals surface area contributed by atoms with Crippen molar-refractivity contribution in [3.63, 3.8) is 0 Å². The van der Waals surface area contributed by atoms with Crippen LogP contribution in [0, 0.1) is 0 Å². The second kappa shape index (κ2) is 29.5. The average molecular weight is 1010 g/mol. The predicted molar refractivity (Wildman–Crippen MR) is 258 cm³/mol. The fraction of sp³-hybridized carbons (Fsp3) is 0.489. The molecule has 1 aliphatic rings. The van der Waals surface area contributed by atoms with Crippen molar-refractivity contribution in [2.75, 3.05) is 24.6 Å². The number of phenolic OH excluding ortho intramolecular Hbond substituents is 1. The van der Waals surface area contributed by atoms with E-state index in [0.717, 1.165) is 11.8 Å². The third kappa shape index (κ3) is 21.0. The number of thioether (sulfide) groups is 1. The molecule has 0 unspecified atom stereocenters. The van der Waals surface area contributed by atoms with Crippen LogP contribution in [0.5, 0.6) is 5.75 Å². The van der Waals surface area contributed by atoms with Gasteiger partial charge in [0.15, 0.2) is 5.96 Å². The number of primary amides is 2. The van der Waals surface area contributed by atoms with Crippen LogP contribution in [0.4, 0.5) is 0 Å². The van der Waals surface area contributed by atoms with Crippen LogP contribution in [0.15, 0.2) is 59.6 Å². The fourth-order valence-electron chi connectivity index (χ4n) is 7.33. The number of likely N-dealkylation sites (tertiary alicyclic amines) is 1. The molecule has 1 fully saturated rings. The lowest BCUT2D eigenvalue weighted by molar-refractivity contribution is -0.145. The molecule has 2 aromatic carbocycles. The van der Waals surface area contributed by atoms with Crippen LogP contribution in [0.2, 0.25) is 0 Å². The summed E-state index contributed by atoms with van der Waals surface area (Å²) < 4.78 is 0. The van der Waals surface area contributed by atoms with Crippen LogP contribution in [0.25, 0.3) is 0 Å². The van der Waals surface area contributed by atoms with Gasteiger partial charge in [-0.15, -0.1) is 0 Å². The summed E-state index contributed by atoms with van der Waals surface area (Å²) in [5, 5.41) is 41.0. The van der Waals surface area contributed by atoms with Crippen molar-refractivity contribution in [2.45, 2.75) is 113 Å². The first-order valence-corrected chi connectivity index (χ1v) is 23.8. The summed E-state index contributed by atoms with van der Waals surface area (Å²) >= 11 is 1.09. The zero-order valence-corrected chi connectivity index (χ0v) is 39.8. The van der Waals surface area contributed by atoms with E-state index in [2.05, 4.69) is 31.6 Å². The molecule has 8 amide bonds. The Kier molecular flexibility index (Phi) is 24.1. The van der Waals surface area contributed by atoms with Crippen LogP contribution < -0.4 is 55.3 Å². The van der Waals surface area contributed by atoms with Gasteiger partial charge in [-0.25, -0.2) is 4.79 Å². The third-order valence-electron chi connectivity index (χ3n) is 11.0. The summed E-state index contributed by atoms with van der Waals surface area (Å²) in [5.74, 6) is -9.93. The van der Waals surface area contributed by atoms with Crippen molar-refractivity contribution >= 4 is 76.9 Å². The number of carboxylic acid groups (broad SMARTS) is 2. The molecule has 26 heteroatoms. The quantitative estimate of drug-likeness (QED) is 0.0201. The number of aliphatic imine (C=N–C) groups is 1. The number of rotatable bonds is 31. The first kappa shape index (κ1) is 57.8. The van der Waals surface area contributed by atoms with Gasteiger partial charge in [-0.2, -0.15) is 11.8 Å². The number of aliphatic carboxylic acids is 2. The van der Waals surface area contributed by atoms with Crippen LogP contribution in [0.1, 0.15) is 68.9 Å². The summed E-state index contributed by atoms with van der Waals surface area (Å²) in [7, 11) is 0. The van der Waals surface area contributed by atoms with Gasteiger partial charge in [-0.05, 0) is 74.0 Å². The van der Waals surface area contributed by atoms with Gasteiger partial charge in [-0.1, -0.05) is 42.5 Å². The first-order valence-electron chi connectivity index (χ1n) is 22.7. The molecule has 2 aromatic rings. The van der Waals surface area contributed by atoms with Crippen LogP contribution in [-0.4, -0.2) is 152 Å². The van der Waals surface area contributed by atoms with Gasteiger partial charge < -0.3 is 75.5 Å². The number of carbonyl (C=O) groups is 10. The van der Waals surface area contributed by atoms with Crippen molar-refractivity contribution < 1.29 is 63.3 Å². The van der Waals surface area contributed by atoms with Crippen LogP contribution >= 0.6 is 11.8 Å². The molecule has 25 nitrogen and oxygen atoms in total. The molecule has 0 saturated carbocycles. The number of guanidine groups is 1. The van der Waals surface area contributed by atoms with E-state index in [9.17, 15) is 58.2 Å². The number of hydrogen-bond acceptors (Lipinski definition) is 14. The molecule has 0 radical (unpaired) electrons. The van der Waals surface area contributed by atoms with E-state index >= 15 is 0 Å². The molecule has 18 N–H and O–H groups in total. The Balaban J connectivity index is 1.87. The minimum Gasteiger partial charge on any atom is -0.508 e. The number of carboxylic acids is 2. The third-order valence-corrected chi connectivity index (χ3v) is 12.1. The second-order valence-electron chi connectivity index (χ2n) is 16.7. The summed E-state index contributed by atoms with van der Waals surface area (Å²) in [6, 6.07) is 4.56. The van der Waals surface area contributed by atoms with E-state index in [1.54, 1.807) is 42.5 Å². The van der Waals surface area contributed by atoms with Crippen LogP contribution in [0.3, 0.4) is 0 Å². The molecule has 0 bridgehead atoms. The molecule has 0 aromatic heterocycles. The minimum absolute atomic E-state index is 0.00174. The summed E-state index contributed by atoms with van der Waals surface area (Å²) in [5.41, 5.74) is 29.0. The van der Waals surface area contributed by atoms with E-state index in [4.69, 9.17) is 33.8 Å². The molecular formula is C45H64N12O13S. The normalized spacial score (nSPS) is 15.6. The lowest BCUT2D eigenvalue weighted by Crippen LogP contribution is -2.60. The smallest absolute Gasteiger partial charge is 0.326 e. The topological polar surface area (TPSA) is 437 Å². The van der Waals surface area contributed by atoms with Gasteiger partial charge in [0, 0.05) is 38.1 Å². The highest BCUT2D eigenvalue weighted by molar-refractivity contribution is 7.99. The fourth-order valence-corrected chi connectivity index (χ4v) is 8.31. The van der Waals surface area contributed by atoms with Crippen molar-refractivity contribution in [1.29, 1.82) is 0 Å². The summed E-state index contributed by atoms with van der Waals surface area (Å²) in [6.45, 7) is 0.115. The largest absolute Gasteiger partial charge is 0.508 e. The maximum atomic E-state index is 14.3. The molecule has 388 valence electrons. The molecular weight excluding hydrogens is 949 g/mol. The molecule has 71 heavy (non-hydrogen) atoms. The van der Waals surface area contributed by atoms with Gasteiger partial charge in [0.2, 0.25) is 47.3 Å². The van der Waals surface area contributed by atoms with E-state index in [1.165, 1.54) is 17.0 Å². The number of hydrogen-bond donors (Lipinski definition) is 13. The first-order chi connectivity index (χ1) is 33.6. The van der Waals surface area contributed by atoms with Gasteiger partial charge >= 0.3 is 11.9 Å². The number of amides is 8. The molecule has 0 spiro atoms. The van der Waals surface area contributed by atoms with Gasteiger partial charge in [0.1, 0.15) is 42.0 Å². The van der Waals surface area contributed by atoms with Crippen molar-refractivity contribution in [2.24, 2.45) is 33.7 Å². The van der Waals surface area contributed by atoms with E-state index in [1.807, 2.05) is 0 Å². The van der Waals surface area contributed by atoms with Crippen molar-refractivity contribution in [3.8, 4) is 5.75 Å². The number of benzene rings is 2. The SMILES string of the molecule is NC(=O)CC[C@H](NC(=O)[C@H](Cc1ccccc1)NC(=O)[C@@H](N)Cc1ccc(O)cc1)C(=O)N[C@@H](CC(N)=O)C(=O)N[C@@H](CSCCCC(=O)O)C(=O)N1CCC[C@H]1C(=O)N[C@H](CCCN=C(N)N)C(=O)O. The van der Waals surface area contributed by atoms with Gasteiger partial charge in [-0.3, -0.25) is 48.1 Å². The Bertz CT molecular complexity index is 2220. The number of carbonyl (C=O) groups excluding carboxylic acids is 8. The van der Waals surface area contributed by atoms with Crippen molar-refractivity contribution in [1.82, 2.24) is 31.5 Å². The number of nitrogens with two attached hydrogens (primary N) is 5. The monoisotopic (exact) mass is 1010 g/mol. The lowest BCUT2D eigenvalue weighted by atomic mass is 10.0. The number of aromatic hydroxyl groups is 1. The molecule has 7 atom stereocenters. The standard InChI is InChI=1S/C45H64N12O13S/c46-28(21-26-12-14-27(58)15-13-26)38(63)54-31(22-25-7-2-1-3-8-25)40(65)52-29(16-17-35(47)59)39(64)55-32(23-36(48)60)41(66)56-33(24-71-20-6-11-37(61)62)43(68)57-19-5-10-34(57)42(67)53-30(44(69)70)9-4-18-51-45(49)50/h1-3,7-8,12-15,28-34,58H,4-6,9-11,16-24,46H2,(H2,47,59)(H2,48,60)(H,52,65)(H,53,67)(H,54,63)(H,55,64)(H,56,66)(H,61,62)(H,69,70)(H4,49,50,51)/t28-,29-,30+,31-,32-,33-,34-/m0/s1. The van der Waals surface area contributed by atoms with E-state index < -0.39 is 121 Å². The Hall–Kier alpha value is -7.48. The zero-order valence-electron chi connectivity index (χ0n) is 39.0. The maximum absolute atomic E-state index is 14.3. The van der Waals surface area contributed by atoms with E-state index in [-0.39, 0.29) is 81.3 Å². The van der Waals surface area contributed by atoms with Crippen LogP contribution in [-0.2, 0) is 60.8 Å². The maximum Gasteiger partial charge on any atom is 0.326 e. The van der Waals surface area contributed by atoms with E-state index in [0.29, 0.717) is 17.5 Å². The highest BCUT2D eigenvalue weighted by Gasteiger charge is 2.40. The minimum atomic E-state index is -1.80. The number of nitrogens with zero attached hydrogens (tertiary/aromatic N) is 2. The average Bonchev–Trinajstić information content (AvgIpc) is 3.81. The molecule has 1 heterocycles. The number of nitrogens with one attached hydrogen (secondary N) is 5. The van der Waals surface area contributed by atoms with Crippen molar-refractivity contribution in [3.05, 3.63) is 65.7 Å². The molecule has 1 aliphatic heterocycles. The Morgan fingerprint density at radius 1 is 0.676 bits per heavy atom. The lowest BCUT2D eigenvalue weighted by Gasteiger charge is -2.30. The molecule has 1 saturated heterocycles. The Morgan fingerprint density at radius 3 is 1.90 bits per heavy atom. The number of phenols is 1. The highest BCUT2D eigenvalue weighted by Crippen LogP contribution is 2.21. The molecule has 0 aliphatic carbocycles. The highest BCUT2D eigenvalue weighted by atomic mass is 32.2. The van der Waals surface area contributed by atoms with Gasteiger partial charge in [0.25, 0.3) is 0 Å². The second-order valence-corrected chi connectivity index (χ2v) is 17.8. The summed E-state index contributed by atoms with van der Waals surface area (Å²) in [4.78, 5) is 136. The summed E-state index contributed by atoms with van der Waals surface area (Å²) in [6.07, 6.45) is -1.19. The molecule has 3 rings (SSSR count). The Morgan fingerprint density at radius 2 is 1.28 bits per heavy atom. The zero-order chi connectivity index (χ0) is 52.6. The Labute approximate surface area is 413 Å². The van der Waals surface area contributed by atoms with Gasteiger partial charge in [0.05, 0.1) is 12.5 Å².